The molecule has 0 spiro atoms. The summed E-state index contributed by atoms with van der Waals surface area (Å²) in [6.07, 6.45) is 2.27. The fourth-order valence-corrected chi connectivity index (χ4v) is 2.80. The molecule has 0 bridgehead atoms. The van der Waals surface area contributed by atoms with Gasteiger partial charge in [0.15, 0.2) is 0 Å². The fourth-order valence-electron chi connectivity index (χ4n) is 2.42. The molecule has 5 heteroatoms. The number of halogens is 2. The van der Waals surface area contributed by atoms with E-state index >= 15 is 0 Å². The van der Waals surface area contributed by atoms with Crippen LogP contribution in [0.3, 0.4) is 0 Å². The summed E-state index contributed by atoms with van der Waals surface area (Å²) in [4.78, 5) is 0. The molecule has 0 aliphatic carbocycles. The normalized spacial score (nSPS) is 17.9. The fraction of sp³-hybridized carbons (Fsp3) is 0.538. The molecule has 0 amide bonds. The van der Waals surface area contributed by atoms with Crippen molar-refractivity contribution >= 4 is 28.3 Å². The molecule has 0 aromatic heterocycles. The lowest BCUT2D eigenvalue weighted by Gasteiger charge is -2.29. The number of hydrogen-bond acceptors (Lipinski definition) is 3. The highest BCUT2D eigenvalue weighted by Gasteiger charge is 2.24. The van der Waals surface area contributed by atoms with Crippen molar-refractivity contribution in [2.45, 2.75) is 18.9 Å². The Hall–Kier alpha value is -0.290. The zero-order valence-electron chi connectivity index (χ0n) is 10.5. The van der Waals surface area contributed by atoms with E-state index in [1.165, 1.54) is 0 Å². The third kappa shape index (κ3) is 3.60. The van der Waals surface area contributed by atoms with Crippen LogP contribution in [0.15, 0.2) is 22.7 Å². The van der Waals surface area contributed by atoms with Gasteiger partial charge < -0.3 is 15.8 Å². The molecule has 0 radical (unpaired) electrons. The second-order valence-corrected chi connectivity index (χ2v) is 5.42. The van der Waals surface area contributed by atoms with E-state index in [1.54, 1.807) is 7.11 Å². The zero-order chi connectivity index (χ0) is 12.3. The first-order valence-corrected chi connectivity index (χ1v) is 6.81. The van der Waals surface area contributed by atoms with E-state index in [9.17, 15) is 0 Å². The predicted molar refractivity (Wildman–Crippen MR) is 80.5 cm³/mol. The van der Waals surface area contributed by atoms with Gasteiger partial charge in [0.2, 0.25) is 0 Å². The highest BCUT2D eigenvalue weighted by atomic mass is 79.9. The average Bonchev–Trinajstić information content (AvgIpc) is 2.39. The van der Waals surface area contributed by atoms with Crippen LogP contribution in [0.4, 0.5) is 0 Å². The van der Waals surface area contributed by atoms with Crippen LogP contribution in [0, 0.1) is 5.92 Å². The summed E-state index contributed by atoms with van der Waals surface area (Å²) in [7, 11) is 1.70. The maximum Gasteiger partial charge on any atom is 0.123 e. The minimum Gasteiger partial charge on any atom is -0.496 e. The first-order chi connectivity index (χ1) is 8.22. The Bertz CT molecular complexity index is 383. The molecule has 3 N–H and O–H groups in total. The number of nitrogens with one attached hydrogen (secondary N) is 1. The summed E-state index contributed by atoms with van der Waals surface area (Å²) in [6, 6.07) is 6.09. The van der Waals surface area contributed by atoms with Gasteiger partial charge in [-0.2, -0.15) is 0 Å². The Balaban J connectivity index is 0.00000162. The summed E-state index contributed by atoms with van der Waals surface area (Å²) in [5.41, 5.74) is 7.49. The van der Waals surface area contributed by atoms with Crippen LogP contribution in [0.1, 0.15) is 24.4 Å². The van der Waals surface area contributed by atoms with Gasteiger partial charge in [0.1, 0.15) is 5.75 Å². The third-order valence-electron chi connectivity index (χ3n) is 3.44. The number of piperidine rings is 1. The van der Waals surface area contributed by atoms with Crippen LogP contribution in [0.25, 0.3) is 0 Å². The summed E-state index contributed by atoms with van der Waals surface area (Å²) in [6.45, 7) is 2.13. The molecule has 1 saturated heterocycles. The minimum atomic E-state index is 0. The predicted octanol–water partition coefficient (Wildman–Crippen LogP) is 2.88. The third-order valence-corrected chi connectivity index (χ3v) is 3.94. The Kier molecular flexibility index (Phi) is 6.43. The molecule has 2 rings (SSSR count). The molecule has 102 valence electrons. The quantitative estimate of drug-likeness (QED) is 0.893. The maximum absolute atomic E-state index is 6.39. The zero-order valence-corrected chi connectivity index (χ0v) is 12.9. The molecule has 1 aromatic rings. The lowest BCUT2D eigenvalue weighted by Crippen LogP contribution is -2.33. The maximum atomic E-state index is 6.39. The molecule has 1 atom stereocenters. The summed E-state index contributed by atoms with van der Waals surface area (Å²) in [5, 5.41) is 3.36. The SMILES string of the molecule is COc1ccc(Br)cc1[C@H](N)C1CCNCC1.Cl. The van der Waals surface area contributed by atoms with Crippen molar-refractivity contribution < 1.29 is 4.74 Å². The van der Waals surface area contributed by atoms with Crippen molar-refractivity contribution in [3.8, 4) is 5.75 Å². The first kappa shape index (κ1) is 15.8. The van der Waals surface area contributed by atoms with Gasteiger partial charge in [-0.1, -0.05) is 15.9 Å². The second kappa shape index (κ2) is 7.34. The summed E-state index contributed by atoms with van der Waals surface area (Å²) in [5.74, 6) is 1.43. The van der Waals surface area contributed by atoms with Crippen LogP contribution in [0.5, 0.6) is 5.75 Å². The Morgan fingerprint density at radius 3 is 2.67 bits per heavy atom. The van der Waals surface area contributed by atoms with Crippen LogP contribution in [-0.2, 0) is 0 Å². The van der Waals surface area contributed by atoms with E-state index in [1.807, 2.05) is 12.1 Å². The van der Waals surface area contributed by atoms with Gasteiger partial charge in [-0.3, -0.25) is 0 Å². The molecule has 1 aliphatic heterocycles. The van der Waals surface area contributed by atoms with E-state index in [0.29, 0.717) is 5.92 Å². The van der Waals surface area contributed by atoms with Gasteiger partial charge >= 0.3 is 0 Å². The van der Waals surface area contributed by atoms with Gasteiger partial charge in [-0.25, -0.2) is 0 Å². The smallest absolute Gasteiger partial charge is 0.123 e. The number of nitrogens with two attached hydrogens (primary N) is 1. The van der Waals surface area contributed by atoms with Crippen molar-refractivity contribution in [3.63, 3.8) is 0 Å². The molecule has 1 heterocycles. The van der Waals surface area contributed by atoms with Gasteiger partial charge in [0, 0.05) is 16.1 Å². The number of methoxy groups -OCH3 is 1. The van der Waals surface area contributed by atoms with Crippen LogP contribution < -0.4 is 15.8 Å². The number of hydrogen-bond donors (Lipinski definition) is 2. The molecule has 18 heavy (non-hydrogen) atoms. The molecule has 0 unspecified atom stereocenters. The molecular formula is C13H20BrClN2O. The average molecular weight is 336 g/mol. The largest absolute Gasteiger partial charge is 0.496 e. The van der Waals surface area contributed by atoms with E-state index in [0.717, 1.165) is 41.7 Å². The summed E-state index contributed by atoms with van der Waals surface area (Å²) < 4.78 is 6.45. The standard InChI is InChI=1S/C13H19BrN2O.ClH/c1-17-12-3-2-10(14)8-11(12)13(15)9-4-6-16-7-5-9;/h2-3,8-9,13,16H,4-7,15H2,1H3;1H/t13-;/m1./s1. The Morgan fingerprint density at radius 2 is 2.06 bits per heavy atom. The van der Waals surface area contributed by atoms with Crippen molar-refractivity contribution in [1.82, 2.24) is 5.32 Å². The van der Waals surface area contributed by atoms with Crippen LogP contribution in [-0.4, -0.2) is 20.2 Å². The lowest BCUT2D eigenvalue weighted by molar-refractivity contribution is 0.313. The van der Waals surface area contributed by atoms with Gasteiger partial charge in [0.25, 0.3) is 0 Å². The Morgan fingerprint density at radius 1 is 1.39 bits per heavy atom. The number of benzene rings is 1. The van der Waals surface area contributed by atoms with E-state index in [2.05, 4.69) is 27.3 Å². The van der Waals surface area contributed by atoms with E-state index in [4.69, 9.17) is 10.5 Å². The van der Waals surface area contributed by atoms with Crippen molar-refractivity contribution in [2.75, 3.05) is 20.2 Å². The summed E-state index contributed by atoms with van der Waals surface area (Å²) >= 11 is 3.49. The Labute approximate surface area is 123 Å². The molecule has 1 aliphatic rings. The first-order valence-electron chi connectivity index (χ1n) is 6.02. The number of ether oxygens (including phenoxy) is 1. The molecule has 0 saturated carbocycles. The highest BCUT2D eigenvalue weighted by molar-refractivity contribution is 9.10. The number of rotatable bonds is 3. The second-order valence-electron chi connectivity index (χ2n) is 4.50. The topological polar surface area (TPSA) is 47.3 Å². The van der Waals surface area contributed by atoms with Gasteiger partial charge in [-0.15, -0.1) is 12.4 Å². The monoisotopic (exact) mass is 334 g/mol. The van der Waals surface area contributed by atoms with Crippen molar-refractivity contribution in [3.05, 3.63) is 28.2 Å². The van der Waals surface area contributed by atoms with Crippen LogP contribution in [0.2, 0.25) is 0 Å². The lowest BCUT2D eigenvalue weighted by atomic mass is 9.86. The van der Waals surface area contributed by atoms with Crippen molar-refractivity contribution in [1.29, 1.82) is 0 Å². The van der Waals surface area contributed by atoms with E-state index < -0.39 is 0 Å². The van der Waals surface area contributed by atoms with Gasteiger partial charge in [0.05, 0.1) is 7.11 Å². The minimum absolute atomic E-state index is 0. The van der Waals surface area contributed by atoms with Crippen molar-refractivity contribution in [2.24, 2.45) is 11.7 Å². The molecular weight excluding hydrogens is 316 g/mol. The molecule has 1 aromatic carbocycles. The van der Waals surface area contributed by atoms with Gasteiger partial charge in [-0.05, 0) is 50.0 Å². The van der Waals surface area contributed by atoms with Crippen LogP contribution >= 0.6 is 28.3 Å². The molecule has 1 fully saturated rings. The van der Waals surface area contributed by atoms with E-state index in [-0.39, 0.29) is 18.4 Å². The molecule has 3 nitrogen and oxygen atoms in total. The highest BCUT2D eigenvalue weighted by Crippen LogP contribution is 2.34.